The Labute approximate surface area is 169 Å². The molecule has 148 valence electrons. The number of ether oxygens (including phenoxy) is 1. The molecule has 0 radical (unpaired) electrons. The predicted molar refractivity (Wildman–Crippen MR) is 110 cm³/mol. The number of benzene rings is 1. The zero-order chi connectivity index (χ0) is 19.4. The van der Waals surface area contributed by atoms with Crippen LogP contribution in [-0.4, -0.2) is 72.5 Å². The molecule has 2 saturated heterocycles. The van der Waals surface area contributed by atoms with Crippen LogP contribution in [0.3, 0.4) is 0 Å². The third-order valence-corrected chi connectivity index (χ3v) is 6.42. The minimum Gasteiger partial charge on any atom is -0.495 e. The van der Waals surface area contributed by atoms with Gasteiger partial charge in [0, 0.05) is 35.7 Å². The van der Waals surface area contributed by atoms with Gasteiger partial charge in [0.1, 0.15) is 5.75 Å². The number of rotatable bonds is 5. The first-order chi connectivity index (χ1) is 13.0. The first-order valence-electron chi connectivity index (χ1n) is 9.24. The van der Waals surface area contributed by atoms with Gasteiger partial charge in [-0.2, -0.15) is 11.8 Å². The topological polar surface area (TPSA) is 61.9 Å². The Bertz CT molecular complexity index is 710. The molecule has 0 saturated carbocycles. The maximum atomic E-state index is 12.8. The van der Waals surface area contributed by atoms with Crippen molar-refractivity contribution in [3.8, 4) is 5.75 Å². The molecule has 2 amide bonds. The van der Waals surface area contributed by atoms with Crippen LogP contribution in [0, 0.1) is 6.92 Å². The van der Waals surface area contributed by atoms with Gasteiger partial charge in [-0.3, -0.25) is 14.5 Å². The lowest BCUT2D eigenvalue weighted by molar-refractivity contribution is -0.136. The van der Waals surface area contributed by atoms with Crippen molar-refractivity contribution >= 4 is 40.9 Å². The lowest BCUT2D eigenvalue weighted by Crippen LogP contribution is -2.49. The molecule has 1 aromatic carbocycles. The van der Waals surface area contributed by atoms with Gasteiger partial charge in [0.05, 0.1) is 25.4 Å². The van der Waals surface area contributed by atoms with Gasteiger partial charge in [-0.05, 0) is 37.9 Å². The number of nitrogens with zero attached hydrogens (tertiary/aromatic N) is 2. The summed E-state index contributed by atoms with van der Waals surface area (Å²) in [6, 6.07) is 3.31. The van der Waals surface area contributed by atoms with E-state index in [0.717, 1.165) is 49.5 Å². The molecule has 1 unspecified atom stereocenters. The second kappa shape index (κ2) is 9.17. The van der Waals surface area contributed by atoms with Gasteiger partial charge in [-0.1, -0.05) is 11.6 Å². The first-order valence-corrected chi connectivity index (χ1v) is 10.8. The van der Waals surface area contributed by atoms with E-state index in [4.69, 9.17) is 16.3 Å². The van der Waals surface area contributed by atoms with Gasteiger partial charge in [0.15, 0.2) is 0 Å². The molecule has 3 rings (SSSR count). The number of anilines is 1. The molecule has 8 heteroatoms. The van der Waals surface area contributed by atoms with Crippen LogP contribution in [0.5, 0.6) is 5.75 Å². The zero-order valence-electron chi connectivity index (χ0n) is 15.8. The largest absolute Gasteiger partial charge is 0.495 e. The van der Waals surface area contributed by atoms with E-state index in [1.54, 1.807) is 19.2 Å². The third-order valence-electron chi connectivity index (χ3n) is 5.07. The van der Waals surface area contributed by atoms with Crippen molar-refractivity contribution in [3.63, 3.8) is 0 Å². The summed E-state index contributed by atoms with van der Waals surface area (Å²) in [6.07, 6.45) is 1.76. The van der Waals surface area contributed by atoms with Gasteiger partial charge in [0.2, 0.25) is 11.8 Å². The average molecular weight is 412 g/mol. The van der Waals surface area contributed by atoms with E-state index in [-0.39, 0.29) is 24.4 Å². The number of likely N-dealkylation sites (tertiary alicyclic amines) is 1. The number of carbonyl (C=O) groups excluding carboxylic acids is 2. The monoisotopic (exact) mass is 411 g/mol. The molecule has 0 spiro atoms. The standard InChI is InChI=1S/C19H26ClN3O3S/c1-13-10-15(17(26-2)11-14(13)20)21-18(24)12-23-5-3-4-16(23)19(25)22-6-8-27-9-7-22/h10-11,16H,3-9,12H2,1-2H3,(H,21,24). The fourth-order valence-corrected chi connectivity index (χ4v) is 4.65. The molecule has 2 heterocycles. The van der Waals surface area contributed by atoms with Crippen molar-refractivity contribution in [2.24, 2.45) is 0 Å². The van der Waals surface area contributed by atoms with E-state index >= 15 is 0 Å². The number of carbonyl (C=O) groups is 2. The van der Waals surface area contributed by atoms with Gasteiger partial charge in [-0.25, -0.2) is 0 Å². The summed E-state index contributed by atoms with van der Waals surface area (Å²) >= 11 is 8.01. The number of methoxy groups -OCH3 is 1. The van der Waals surface area contributed by atoms with E-state index in [0.29, 0.717) is 16.5 Å². The molecule has 2 fully saturated rings. The summed E-state index contributed by atoms with van der Waals surface area (Å²) in [5.74, 6) is 2.53. The molecule has 1 aromatic rings. The van der Waals surface area contributed by atoms with Crippen LogP contribution in [0.1, 0.15) is 18.4 Å². The normalized spacial score (nSPS) is 20.6. The molecule has 27 heavy (non-hydrogen) atoms. The van der Waals surface area contributed by atoms with Crippen molar-refractivity contribution in [2.75, 3.05) is 50.1 Å². The van der Waals surface area contributed by atoms with Crippen LogP contribution >= 0.6 is 23.4 Å². The summed E-state index contributed by atoms with van der Waals surface area (Å²) in [7, 11) is 1.54. The van der Waals surface area contributed by atoms with E-state index in [1.807, 2.05) is 28.5 Å². The average Bonchev–Trinajstić information content (AvgIpc) is 3.12. The maximum absolute atomic E-state index is 12.8. The summed E-state index contributed by atoms with van der Waals surface area (Å²) in [5.41, 5.74) is 1.46. The Kier molecular flexibility index (Phi) is 6.89. The van der Waals surface area contributed by atoms with Crippen LogP contribution in [0.25, 0.3) is 0 Å². The summed E-state index contributed by atoms with van der Waals surface area (Å²) in [6.45, 7) is 4.46. The number of thioether (sulfide) groups is 1. The lowest BCUT2D eigenvalue weighted by atomic mass is 10.2. The highest BCUT2D eigenvalue weighted by Gasteiger charge is 2.35. The molecule has 0 bridgehead atoms. The van der Waals surface area contributed by atoms with Crippen molar-refractivity contribution < 1.29 is 14.3 Å². The molecule has 2 aliphatic heterocycles. The Hall–Kier alpha value is -1.44. The second-order valence-corrected chi connectivity index (χ2v) is 8.55. The number of aryl methyl sites for hydroxylation is 1. The van der Waals surface area contributed by atoms with Gasteiger partial charge in [-0.15, -0.1) is 0 Å². The van der Waals surface area contributed by atoms with E-state index in [2.05, 4.69) is 5.32 Å². The van der Waals surface area contributed by atoms with E-state index < -0.39 is 0 Å². The highest BCUT2D eigenvalue weighted by atomic mass is 35.5. The molecule has 2 aliphatic rings. The van der Waals surface area contributed by atoms with Gasteiger partial charge in [0.25, 0.3) is 0 Å². The fraction of sp³-hybridized carbons (Fsp3) is 0.579. The fourth-order valence-electron chi connectivity index (χ4n) is 3.59. The predicted octanol–water partition coefficient (Wildman–Crippen LogP) is 2.64. The molecular weight excluding hydrogens is 386 g/mol. The van der Waals surface area contributed by atoms with Gasteiger partial charge >= 0.3 is 0 Å². The van der Waals surface area contributed by atoms with Crippen LogP contribution in [0.15, 0.2) is 12.1 Å². The number of hydrogen-bond acceptors (Lipinski definition) is 5. The van der Waals surface area contributed by atoms with Crippen LogP contribution in [-0.2, 0) is 9.59 Å². The number of nitrogens with one attached hydrogen (secondary N) is 1. The van der Waals surface area contributed by atoms with Crippen LogP contribution in [0.2, 0.25) is 5.02 Å². The minimum absolute atomic E-state index is 0.149. The van der Waals surface area contributed by atoms with Crippen molar-refractivity contribution in [2.45, 2.75) is 25.8 Å². The Morgan fingerprint density at radius 3 is 2.74 bits per heavy atom. The highest BCUT2D eigenvalue weighted by Crippen LogP contribution is 2.31. The molecule has 0 aliphatic carbocycles. The second-order valence-electron chi connectivity index (χ2n) is 6.92. The maximum Gasteiger partial charge on any atom is 0.239 e. The van der Waals surface area contributed by atoms with Gasteiger partial charge < -0.3 is 15.0 Å². The SMILES string of the molecule is COc1cc(Cl)c(C)cc1NC(=O)CN1CCCC1C(=O)N1CCSCC1. The molecular formula is C19H26ClN3O3S. The third kappa shape index (κ3) is 4.89. The lowest BCUT2D eigenvalue weighted by Gasteiger charge is -2.32. The molecule has 1 atom stereocenters. The molecule has 0 aromatic heterocycles. The highest BCUT2D eigenvalue weighted by molar-refractivity contribution is 7.99. The van der Waals surface area contributed by atoms with Crippen molar-refractivity contribution in [1.29, 1.82) is 0 Å². The van der Waals surface area contributed by atoms with Crippen molar-refractivity contribution in [3.05, 3.63) is 22.7 Å². The van der Waals surface area contributed by atoms with Crippen molar-refractivity contribution in [1.82, 2.24) is 9.80 Å². The Morgan fingerprint density at radius 2 is 2.04 bits per heavy atom. The van der Waals surface area contributed by atoms with E-state index in [1.165, 1.54) is 0 Å². The number of halogens is 1. The summed E-state index contributed by atoms with van der Waals surface area (Å²) in [4.78, 5) is 29.4. The summed E-state index contributed by atoms with van der Waals surface area (Å²) in [5, 5.41) is 3.50. The minimum atomic E-state index is -0.187. The first kappa shape index (κ1) is 20.3. The molecule has 1 N–H and O–H groups in total. The number of amides is 2. The van der Waals surface area contributed by atoms with E-state index in [9.17, 15) is 9.59 Å². The van der Waals surface area contributed by atoms with Crippen LogP contribution < -0.4 is 10.1 Å². The Balaban J connectivity index is 1.63. The van der Waals surface area contributed by atoms with Crippen LogP contribution in [0.4, 0.5) is 5.69 Å². The smallest absolute Gasteiger partial charge is 0.239 e. The summed E-state index contributed by atoms with van der Waals surface area (Å²) < 4.78 is 5.32. The zero-order valence-corrected chi connectivity index (χ0v) is 17.4. The number of hydrogen-bond donors (Lipinski definition) is 1. The Morgan fingerprint density at radius 1 is 1.30 bits per heavy atom. The molecule has 6 nitrogen and oxygen atoms in total. The quantitative estimate of drug-likeness (QED) is 0.807.